The van der Waals surface area contributed by atoms with Crippen molar-refractivity contribution in [2.75, 3.05) is 20.7 Å². The number of carbonyl (C=O) groups excluding carboxylic acids is 1. The molecule has 0 radical (unpaired) electrons. The molecule has 0 bridgehead atoms. The van der Waals surface area contributed by atoms with Gasteiger partial charge in [-0.25, -0.2) is 0 Å². The number of benzene rings is 1. The minimum atomic E-state index is -0.00639. The summed E-state index contributed by atoms with van der Waals surface area (Å²) in [5, 5.41) is 3.30. The highest BCUT2D eigenvalue weighted by Gasteiger charge is 2.23. The fraction of sp³-hybridized carbons (Fsp3) is 0.562. The minimum absolute atomic E-state index is 0.00639. The fourth-order valence-electron chi connectivity index (χ4n) is 2.72. The quantitative estimate of drug-likeness (QED) is 0.915. The van der Waals surface area contributed by atoms with Crippen LogP contribution in [-0.2, 0) is 11.3 Å². The third-order valence-corrected chi connectivity index (χ3v) is 3.86. The van der Waals surface area contributed by atoms with E-state index >= 15 is 0 Å². The summed E-state index contributed by atoms with van der Waals surface area (Å²) in [7, 11) is 3.55. The van der Waals surface area contributed by atoms with E-state index in [0.717, 1.165) is 36.3 Å². The molecule has 1 unspecified atom stereocenters. The molecule has 0 aromatic heterocycles. The monoisotopic (exact) mass is 276 g/mol. The number of methoxy groups -OCH3 is 1. The lowest BCUT2D eigenvalue weighted by Gasteiger charge is -2.27. The second-order valence-electron chi connectivity index (χ2n) is 5.50. The molecule has 0 spiro atoms. The van der Waals surface area contributed by atoms with Crippen molar-refractivity contribution in [2.45, 2.75) is 38.8 Å². The predicted octanol–water partition coefficient (Wildman–Crippen LogP) is 2.10. The summed E-state index contributed by atoms with van der Waals surface area (Å²) >= 11 is 0. The van der Waals surface area contributed by atoms with Gasteiger partial charge in [0.25, 0.3) is 0 Å². The number of nitrogens with one attached hydrogen (secondary N) is 1. The van der Waals surface area contributed by atoms with Gasteiger partial charge in [0.05, 0.1) is 13.2 Å². The Kier molecular flexibility index (Phi) is 5.01. The Labute approximate surface area is 121 Å². The van der Waals surface area contributed by atoms with Crippen molar-refractivity contribution in [3.63, 3.8) is 0 Å². The summed E-state index contributed by atoms with van der Waals surface area (Å²) < 4.78 is 5.26. The highest BCUT2D eigenvalue weighted by atomic mass is 16.5. The first-order valence-electron chi connectivity index (χ1n) is 7.23. The molecule has 0 saturated carbocycles. The lowest BCUT2D eigenvalue weighted by Crippen LogP contribution is -2.46. The Hall–Kier alpha value is -1.55. The minimum Gasteiger partial charge on any atom is -0.496 e. The van der Waals surface area contributed by atoms with E-state index in [1.165, 1.54) is 6.42 Å². The van der Waals surface area contributed by atoms with E-state index in [1.807, 2.05) is 31.0 Å². The van der Waals surface area contributed by atoms with Crippen LogP contribution in [0.2, 0.25) is 0 Å². The number of amides is 1. The van der Waals surface area contributed by atoms with Crippen LogP contribution in [0.25, 0.3) is 0 Å². The van der Waals surface area contributed by atoms with Crippen LogP contribution in [0.15, 0.2) is 18.2 Å². The molecule has 1 atom stereocenters. The molecule has 1 fully saturated rings. The van der Waals surface area contributed by atoms with Crippen molar-refractivity contribution in [1.29, 1.82) is 0 Å². The first-order chi connectivity index (χ1) is 9.61. The molecule has 1 amide bonds. The Bertz CT molecular complexity index is 468. The van der Waals surface area contributed by atoms with Crippen molar-refractivity contribution >= 4 is 5.91 Å². The first-order valence-corrected chi connectivity index (χ1v) is 7.23. The van der Waals surface area contributed by atoms with Gasteiger partial charge >= 0.3 is 0 Å². The van der Waals surface area contributed by atoms with Crippen LogP contribution in [0.5, 0.6) is 5.75 Å². The number of rotatable bonds is 4. The van der Waals surface area contributed by atoms with Gasteiger partial charge in [-0.15, -0.1) is 0 Å². The third kappa shape index (κ3) is 3.51. The maximum absolute atomic E-state index is 12.3. The number of piperidine rings is 1. The van der Waals surface area contributed by atoms with E-state index in [-0.39, 0.29) is 11.9 Å². The number of hydrogen-bond donors (Lipinski definition) is 1. The van der Waals surface area contributed by atoms with Crippen molar-refractivity contribution < 1.29 is 9.53 Å². The van der Waals surface area contributed by atoms with Gasteiger partial charge in [0.15, 0.2) is 0 Å². The van der Waals surface area contributed by atoms with Gasteiger partial charge in [0.1, 0.15) is 5.75 Å². The van der Waals surface area contributed by atoms with Gasteiger partial charge in [-0.2, -0.15) is 0 Å². The normalized spacial score (nSPS) is 18.6. The summed E-state index contributed by atoms with van der Waals surface area (Å²) in [5.41, 5.74) is 2.23. The molecule has 1 aliphatic heterocycles. The summed E-state index contributed by atoms with van der Waals surface area (Å²) in [5.74, 6) is 1.08. The van der Waals surface area contributed by atoms with Crippen molar-refractivity contribution in [3.05, 3.63) is 29.3 Å². The fourth-order valence-corrected chi connectivity index (χ4v) is 2.72. The number of nitrogens with zero attached hydrogens (tertiary/aromatic N) is 1. The highest BCUT2D eigenvalue weighted by molar-refractivity contribution is 5.81. The van der Waals surface area contributed by atoms with Gasteiger partial charge in [0.2, 0.25) is 5.91 Å². The largest absolute Gasteiger partial charge is 0.496 e. The molecule has 110 valence electrons. The molecule has 2 rings (SSSR count). The SMILES string of the molecule is COc1ccc(CN(C)C(=O)C2CCCCN2)cc1C. The topological polar surface area (TPSA) is 41.6 Å². The third-order valence-electron chi connectivity index (χ3n) is 3.86. The van der Waals surface area contributed by atoms with Crippen LogP contribution >= 0.6 is 0 Å². The van der Waals surface area contributed by atoms with Crippen LogP contribution in [0.4, 0.5) is 0 Å². The van der Waals surface area contributed by atoms with Crippen molar-refractivity contribution in [1.82, 2.24) is 10.2 Å². The van der Waals surface area contributed by atoms with Crippen LogP contribution in [0.1, 0.15) is 30.4 Å². The first kappa shape index (κ1) is 14.9. The van der Waals surface area contributed by atoms with Gasteiger partial charge < -0.3 is 15.0 Å². The van der Waals surface area contributed by atoms with Gasteiger partial charge in [-0.05, 0) is 43.5 Å². The van der Waals surface area contributed by atoms with Crippen LogP contribution in [0, 0.1) is 6.92 Å². The maximum atomic E-state index is 12.3. The molecule has 4 heteroatoms. The zero-order valence-corrected chi connectivity index (χ0v) is 12.6. The zero-order chi connectivity index (χ0) is 14.5. The molecule has 1 aromatic carbocycles. The van der Waals surface area contributed by atoms with Crippen LogP contribution < -0.4 is 10.1 Å². The lowest BCUT2D eigenvalue weighted by atomic mass is 10.0. The van der Waals surface area contributed by atoms with E-state index in [1.54, 1.807) is 7.11 Å². The summed E-state index contributed by atoms with van der Waals surface area (Å²) in [6.45, 7) is 3.61. The van der Waals surface area contributed by atoms with E-state index in [0.29, 0.717) is 6.54 Å². The molecule has 1 aromatic rings. The average molecular weight is 276 g/mol. The van der Waals surface area contributed by atoms with Gasteiger partial charge in [-0.3, -0.25) is 4.79 Å². The maximum Gasteiger partial charge on any atom is 0.239 e. The van der Waals surface area contributed by atoms with Crippen LogP contribution in [-0.4, -0.2) is 37.6 Å². The molecule has 1 N–H and O–H groups in total. The predicted molar refractivity (Wildman–Crippen MR) is 79.8 cm³/mol. The van der Waals surface area contributed by atoms with Crippen molar-refractivity contribution in [3.8, 4) is 5.75 Å². The Morgan fingerprint density at radius 3 is 2.85 bits per heavy atom. The average Bonchev–Trinajstić information content (AvgIpc) is 2.47. The number of carbonyl (C=O) groups is 1. The van der Waals surface area contributed by atoms with Crippen LogP contribution in [0.3, 0.4) is 0 Å². The number of aryl methyl sites for hydroxylation is 1. The Balaban J connectivity index is 1.98. The highest BCUT2D eigenvalue weighted by Crippen LogP contribution is 2.19. The van der Waals surface area contributed by atoms with Crippen molar-refractivity contribution in [2.24, 2.45) is 0 Å². The number of ether oxygens (including phenoxy) is 1. The number of likely N-dealkylation sites (N-methyl/N-ethyl adjacent to an activating group) is 1. The molecular weight excluding hydrogens is 252 g/mol. The van der Waals surface area contributed by atoms with E-state index in [9.17, 15) is 4.79 Å². The molecule has 1 heterocycles. The second-order valence-corrected chi connectivity index (χ2v) is 5.50. The zero-order valence-electron chi connectivity index (χ0n) is 12.6. The van der Waals surface area contributed by atoms with Gasteiger partial charge in [0, 0.05) is 13.6 Å². The number of hydrogen-bond acceptors (Lipinski definition) is 3. The van der Waals surface area contributed by atoms with E-state index in [2.05, 4.69) is 11.4 Å². The van der Waals surface area contributed by atoms with Gasteiger partial charge in [-0.1, -0.05) is 18.6 Å². The Morgan fingerprint density at radius 1 is 1.45 bits per heavy atom. The van der Waals surface area contributed by atoms with E-state index < -0.39 is 0 Å². The molecular formula is C16H24N2O2. The molecule has 4 nitrogen and oxygen atoms in total. The smallest absolute Gasteiger partial charge is 0.239 e. The summed E-state index contributed by atoms with van der Waals surface area (Å²) in [6, 6.07) is 6.05. The molecule has 1 saturated heterocycles. The summed E-state index contributed by atoms with van der Waals surface area (Å²) in [4.78, 5) is 14.2. The summed E-state index contributed by atoms with van der Waals surface area (Å²) in [6.07, 6.45) is 3.26. The van der Waals surface area contributed by atoms with E-state index in [4.69, 9.17) is 4.74 Å². The molecule has 20 heavy (non-hydrogen) atoms. The molecule has 0 aliphatic carbocycles. The Morgan fingerprint density at radius 2 is 2.25 bits per heavy atom. The molecule has 1 aliphatic rings. The lowest BCUT2D eigenvalue weighted by molar-refractivity contribution is -0.133. The second kappa shape index (κ2) is 6.75. The standard InChI is InChI=1S/C16H24N2O2/c1-12-10-13(7-8-15(12)20-3)11-18(2)16(19)14-6-4-5-9-17-14/h7-8,10,14,17H,4-6,9,11H2,1-3H3.